The van der Waals surface area contributed by atoms with Crippen LogP contribution in [0.1, 0.15) is 25.0 Å². The van der Waals surface area contributed by atoms with E-state index >= 15 is 0 Å². The highest BCUT2D eigenvalue weighted by Gasteiger charge is 2.08. The Bertz CT molecular complexity index is 837. The van der Waals surface area contributed by atoms with E-state index in [2.05, 4.69) is 10.3 Å². The van der Waals surface area contributed by atoms with Gasteiger partial charge >= 0.3 is 0 Å². The molecule has 0 aromatic heterocycles. The minimum absolute atomic E-state index is 0. The first kappa shape index (κ1) is 22.5. The number of rotatable bonds is 7. The van der Waals surface area contributed by atoms with Gasteiger partial charge in [0.05, 0.1) is 37.1 Å². The van der Waals surface area contributed by atoms with Crippen LogP contribution in [0.2, 0.25) is 0 Å². The lowest BCUT2D eigenvalue weighted by molar-refractivity contribution is 0.332. The van der Waals surface area contributed by atoms with Crippen LogP contribution in [-0.2, 0) is 6.54 Å². The quantitative estimate of drug-likeness (QED) is 0.352. The molecule has 0 unspecified atom stereocenters. The molecular weight excluding hydrogens is 462 g/mol. The standard InChI is InChI=1S/C19H21FN4O2.HI/c1-3-25-15-6-8-18(26-4-2)17(10-15)24-19(22)23-12-14-9-13(11-21)5-7-16(14)20;/h5-10H,3-4,12H2,1-2H3,(H3,22,23,24);1H. The molecule has 144 valence electrons. The molecule has 0 heterocycles. The van der Waals surface area contributed by atoms with Gasteiger partial charge in [0, 0.05) is 11.6 Å². The van der Waals surface area contributed by atoms with E-state index in [-0.39, 0.29) is 36.5 Å². The highest BCUT2D eigenvalue weighted by molar-refractivity contribution is 14.0. The maximum Gasteiger partial charge on any atom is 0.193 e. The topological polar surface area (TPSA) is 92.7 Å². The van der Waals surface area contributed by atoms with Crippen LogP contribution < -0.4 is 20.5 Å². The van der Waals surface area contributed by atoms with Crippen molar-refractivity contribution in [3.63, 3.8) is 0 Å². The lowest BCUT2D eigenvalue weighted by Gasteiger charge is -2.14. The number of guanidine groups is 1. The molecule has 2 rings (SSSR count). The first-order valence-electron chi connectivity index (χ1n) is 8.22. The van der Waals surface area contributed by atoms with E-state index in [1.54, 1.807) is 18.2 Å². The molecule has 0 aliphatic heterocycles. The molecule has 0 aliphatic rings. The Morgan fingerprint density at radius 3 is 2.59 bits per heavy atom. The van der Waals surface area contributed by atoms with Gasteiger partial charge in [-0.15, -0.1) is 24.0 Å². The molecule has 8 heteroatoms. The monoisotopic (exact) mass is 484 g/mol. The fourth-order valence-electron chi connectivity index (χ4n) is 2.26. The van der Waals surface area contributed by atoms with Crippen molar-refractivity contribution in [1.82, 2.24) is 0 Å². The van der Waals surface area contributed by atoms with Gasteiger partial charge in [-0.1, -0.05) is 0 Å². The summed E-state index contributed by atoms with van der Waals surface area (Å²) in [4.78, 5) is 4.14. The molecule has 0 saturated carbocycles. The van der Waals surface area contributed by atoms with Gasteiger partial charge in [0.25, 0.3) is 0 Å². The van der Waals surface area contributed by atoms with Gasteiger partial charge < -0.3 is 20.5 Å². The summed E-state index contributed by atoms with van der Waals surface area (Å²) in [5.74, 6) is 0.932. The third-order valence-corrected chi connectivity index (χ3v) is 3.42. The second-order valence-corrected chi connectivity index (χ2v) is 5.27. The van der Waals surface area contributed by atoms with E-state index in [0.717, 1.165) is 0 Å². The van der Waals surface area contributed by atoms with Gasteiger partial charge in [-0.2, -0.15) is 5.26 Å². The fraction of sp³-hybridized carbons (Fsp3) is 0.263. The first-order chi connectivity index (χ1) is 12.6. The Kier molecular flexibility index (Phi) is 9.36. The summed E-state index contributed by atoms with van der Waals surface area (Å²) in [6.45, 7) is 4.80. The Labute approximate surface area is 175 Å². The van der Waals surface area contributed by atoms with E-state index in [0.29, 0.717) is 41.5 Å². The van der Waals surface area contributed by atoms with E-state index in [4.69, 9.17) is 20.5 Å². The Hall–Kier alpha value is -2.54. The summed E-state index contributed by atoms with van der Waals surface area (Å²) >= 11 is 0. The molecule has 2 aromatic carbocycles. The second-order valence-electron chi connectivity index (χ2n) is 5.27. The summed E-state index contributed by atoms with van der Waals surface area (Å²) < 4.78 is 24.8. The fourth-order valence-corrected chi connectivity index (χ4v) is 2.26. The molecule has 6 nitrogen and oxygen atoms in total. The van der Waals surface area contributed by atoms with Crippen molar-refractivity contribution in [3.05, 3.63) is 53.3 Å². The van der Waals surface area contributed by atoms with Crippen LogP contribution in [0.15, 0.2) is 41.4 Å². The van der Waals surface area contributed by atoms with Gasteiger partial charge in [0.1, 0.15) is 17.3 Å². The number of hydrogen-bond acceptors (Lipinski definition) is 4. The molecule has 2 aromatic rings. The number of ether oxygens (including phenoxy) is 2. The molecule has 0 aliphatic carbocycles. The van der Waals surface area contributed by atoms with E-state index < -0.39 is 5.82 Å². The van der Waals surface area contributed by atoms with Crippen LogP contribution in [0.25, 0.3) is 0 Å². The van der Waals surface area contributed by atoms with Crippen molar-refractivity contribution in [2.75, 3.05) is 18.5 Å². The molecular formula is C19H22FIN4O2. The number of nitrogens with zero attached hydrogens (tertiary/aromatic N) is 2. The summed E-state index contributed by atoms with van der Waals surface area (Å²) in [5.41, 5.74) is 7.18. The maximum atomic E-state index is 13.8. The molecule has 0 fully saturated rings. The third kappa shape index (κ3) is 6.60. The molecule has 0 amide bonds. The van der Waals surface area contributed by atoms with Crippen molar-refractivity contribution >= 4 is 35.6 Å². The molecule has 0 radical (unpaired) electrons. The number of nitrogens with two attached hydrogens (primary N) is 1. The summed E-state index contributed by atoms with van der Waals surface area (Å²) in [6.07, 6.45) is 0. The normalized spacial score (nSPS) is 10.5. The summed E-state index contributed by atoms with van der Waals surface area (Å²) in [5, 5.41) is 11.9. The van der Waals surface area contributed by atoms with Crippen molar-refractivity contribution < 1.29 is 13.9 Å². The highest BCUT2D eigenvalue weighted by Crippen LogP contribution is 2.29. The third-order valence-electron chi connectivity index (χ3n) is 3.42. The molecule has 0 atom stereocenters. The van der Waals surface area contributed by atoms with Crippen molar-refractivity contribution in [1.29, 1.82) is 5.26 Å². The number of aliphatic imine (C=N–C) groups is 1. The van der Waals surface area contributed by atoms with Crippen molar-refractivity contribution in [2.45, 2.75) is 20.4 Å². The van der Waals surface area contributed by atoms with Crippen molar-refractivity contribution in [3.8, 4) is 17.6 Å². The van der Waals surface area contributed by atoms with E-state index in [9.17, 15) is 4.39 Å². The van der Waals surface area contributed by atoms with Crippen LogP contribution in [0.5, 0.6) is 11.5 Å². The average molecular weight is 484 g/mol. The zero-order valence-corrected chi connectivity index (χ0v) is 17.5. The average Bonchev–Trinajstić information content (AvgIpc) is 2.63. The predicted octanol–water partition coefficient (Wildman–Crippen LogP) is 4.04. The van der Waals surface area contributed by atoms with Crippen LogP contribution in [0.3, 0.4) is 0 Å². The predicted molar refractivity (Wildman–Crippen MR) is 114 cm³/mol. The minimum Gasteiger partial charge on any atom is -0.494 e. The summed E-state index contributed by atoms with van der Waals surface area (Å²) in [6, 6.07) is 11.4. The molecule has 3 N–H and O–H groups in total. The maximum absolute atomic E-state index is 13.8. The second kappa shape index (κ2) is 11.2. The largest absolute Gasteiger partial charge is 0.494 e. The molecule has 0 bridgehead atoms. The SMILES string of the molecule is CCOc1ccc(OCC)c(NC(N)=NCc2cc(C#N)ccc2F)c1.I. The number of halogens is 2. The van der Waals surface area contributed by atoms with Gasteiger partial charge in [0.15, 0.2) is 5.96 Å². The van der Waals surface area contributed by atoms with E-state index in [1.165, 1.54) is 18.2 Å². The van der Waals surface area contributed by atoms with Gasteiger partial charge in [-0.05, 0) is 44.2 Å². The highest BCUT2D eigenvalue weighted by atomic mass is 127. The summed E-state index contributed by atoms with van der Waals surface area (Å²) in [7, 11) is 0. The number of benzene rings is 2. The molecule has 0 saturated heterocycles. The van der Waals surface area contributed by atoms with Crippen LogP contribution in [-0.4, -0.2) is 19.2 Å². The van der Waals surface area contributed by atoms with Gasteiger partial charge in [0.2, 0.25) is 0 Å². The van der Waals surface area contributed by atoms with Crippen molar-refractivity contribution in [2.24, 2.45) is 10.7 Å². The van der Waals surface area contributed by atoms with Crippen LogP contribution in [0.4, 0.5) is 10.1 Å². The zero-order chi connectivity index (χ0) is 18.9. The molecule has 27 heavy (non-hydrogen) atoms. The lowest BCUT2D eigenvalue weighted by Crippen LogP contribution is -2.23. The zero-order valence-electron chi connectivity index (χ0n) is 15.2. The van der Waals surface area contributed by atoms with Crippen LogP contribution >= 0.6 is 24.0 Å². The Balaban J connectivity index is 0.00000364. The van der Waals surface area contributed by atoms with E-state index in [1.807, 2.05) is 19.9 Å². The van der Waals surface area contributed by atoms with Gasteiger partial charge in [-0.3, -0.25) is 0 Å². The number of anilines is 1. The number of nitrogens with one attached hydrogen (secondary N) is 1. The van der Waals surface area contributed by atoms with Crippen LogP contribution in [0, 0.1) is 17.1 Å². The first-order valence-corrected chi connectivity index (χ1v) is 8.22. The Morgan fingerprint density at radius 1 is 1.19 bits per heavy atom. The molecule has 0 spiro atoms. The number of nitriles is 1. The lowest BCUT2D eigenvalue weighted by atomic mass is 10.1. The minimum atomic E-state index is -0.436. The smallest absolute Gasteiger partial charge is 0.193 e. The Morgan fingerprint density at radius 2 is 1.93 bits per heavy atom. The number of hydrogen-bond donors (Lipinski definition) is 2. The van der Waals surface area contributed by atoms with Gasteiger partial charge in [-0.25, -0.2) is 9.38 Å².